The van der Waals surface area contributed by atoms with Gasteiger partial charge < -0.3 is 5.73 Å². The van der Waals surface area contributed by atoms with Crippen molar-refractivity contribution in [1.29, 1.82) is 0 Å². The molecule has 2 amide bonds. The summed E-state index contributed by atoms with van der Waals surface area (Å²) in [6.07, 6.45) is 0.164. The molecular weight excluding hydrogens is 243 g/mol. The van der Waals surface area contributed by atoms with E-state index in [2.05, 4.69) is 0 Å². The summed E-state index contributed by atoms with van der Waals surface area (Å²) in [5.74, 6) is -0.852. The number of amides is 2. The van der Waals surface area contributed by atoms with Crippen molar-refractivity contribution in [3.05, 3.63) is 24.0 Å². The van der Waals surface area contributed by atoms with Gasteiger partial charge in [0.2, 0.25) is 11.8 Å². The van der Waals surface area contributed by atoms with Crippen molar-refractivity contribution in [1.82, 2.24) is 4.90 Å². The quantitative estimate of drug-likeness (QED) is 0.637. The fourth-order valence-corrected chi connectivity index (χ4v) is 2.73. The Morgan fingerprint density at radius 2 is 2.18 bits per heavy atom. The molecule has 1 unspecified atom stereocenters. The zero-order valence-corrected chi connectivity index (χ0v) is 9.96. The van der Waals surface area contributed by atoms with E-state index in [1.54, 1.807) is 0 Å². The lowest BCUT2D eigenvalue weighted by atomic mass is 10.3. The average Bonchev–Trinajstić information content (AvgIpc) is 2.50. The highest BCUT2D eigenvalue weighted by Gasteiger charge is 2.36. The van der Waals surface area contributed by atoms with Crippen LogP contribution in [0.2, 0.25) is 0 Å². The molecule has 2 rings (SSSR count). The molecule has 1 aliphatic heterocycles. The summed E-state index contributed by atoms with van der Waals surface area (Å²) in [6, 6.07) is 4.00. The Hall–Kier alpha value is -1.56. The maximum absolute atomic E-state index is 12.8. The number of hydrogen-bond acceptors (Lipinski definition) is 4. The van der Waals surface area contributed by atoms with Crippen LogP contribution in [0.4, 0.5) is 10.1 Å². The van der Waals surface area contributed by atoms with Crippen molar-refractivity contribution in [3.63, 3.8) is 0 Å². The molecule has 4 nitrogen and oxygen atoms in total. The summed E-state index contributed by atoms with van der Waals surface area (Å²) < 4.78 is 12.8. The average molecular weight is 254 g/mol. The zero-order chi connectivity index (χ0) is 12.6. The standard InChI is InChI=1S/C11H11FN2O2S/c1-14-10(15)5-9(11(14)16)17-8-3-2-6(12)4-7(8)13/h2-4,9H,5,13H2,1H3. The Balaban J connectivity index is 2.17. The first kappa shape index (κ1) is 11.9. The van der Waals surface area contributed by atoms with Gasteiger partial charge in [-0.1, -0.05) is 0 Å². The number of nitrogen functional groups attached to an aromatic ring is 1. The molecule has 1 aromatic carbocycles. The molecule has 1 aromatic rings. The maximum atomic E-state index is 12.8. The van der Waals surface area contributed by atoms with Crippen LogP contribution in [0.1, 0.15) is 6.42 Å². The first-order valence-electron chi connectivity index (χ1n) is 5.01. The van der Waals surface area contributed by atoms with Crippen molar-refractivity contribution in [2.24, 2.45) is 0 Å². The number of likely N-dealkylation sites (tertiary alicyclic amines) is 1. The van der Waals surface area contributed by atoms with E-state index in [-0.39, 0.29) is 23.9 Å². The third-order valence-electron chi connectivity index (χ3n) is 2.58. The summed E-state index contributed by atoms with van der Waals surface area (Å²) in [4.78, 5) is 24.7. The molecule has 17 heavy (non-hydrogen) atoms. The van der Waals surface area contributed by atoms with Crippen LogP contribution in [0, 0.1) is 5.82 Å². The lowest BCUT2D eigenvalue weighted by molar-refractivity contribution is -0.136. The van der Waals surface area contributed by atoms with Gasteiger partial charge in [0.25, 0.3) is 0 Å². The van der Waals surface area contributed by atoms with Crippen molar-refractivity contribution in [2.45, 2.75) is 16.6 Å². The number of carbonyl (C=O) groups excluding carboxylic acids is 2. The number of carbonyl (C=O) groups is 2. The molecule has 0 spiro atoms. The summed E-state index contributed by atoms with van der Waals surface area (Å²) in [6.45, 7) is 0. The van der Waals surface area contributed by atoms with E-state index in [1.807, 2.05) is 0 Å². The van der Waals surface area contributed by atoms with Gasteiger partial charge in [-0.25, -0.2) is 4.39 Å². The minimum absolute atomic E-state index is 0.164. The molecule has 6 heteroatoms. The number of anilines is 1. The van der Waals surface area contributed by atoms with E-state index in [4.69, 9.17) is 5.73 Å². The summed E-state index contributed by atoms with van der Waals surface area (Å²) in [5, 5.41) is -0.458. The largest absolute Gasteiger partial charge is 0.398 e. The van der Waals surface area contributed by atoms with Crippen molar-refractivity contribution >= 4 is 29.3 Å². The molecular formula is C11H11FN2O2S. The van der Waals surface area contributed by atoms with E-state index in [9.17, 15) is 14.0 Å². The predicted octanol–water partition coefficient (Wildman–Crippen LogP) is 1.26. The van der Waals surface area contributed by atoms with Gasteiger partial charge in [0.1, 0.15) is 5.82 Å². The highest BCUT2D eigenvalue weighted by Crippen LogP contribution is 2.34. The van der Waals surface area contributed by atoms with E-state index in [0.717, 1.165) is 4.90 Å². The third kappa shape index (κ3) is 2.26. The van der Waals surface area contributed by atoms with Gasteiger partial charge in [-0.05, 0) is 18.2 Å². The maximum Gasteiger partial charge on any atom is 0.242 e. The second-order valence-electron chi connectivity index (χ2n) is 3.78. The normalized spacial score (nSPS) is 20.1. The molecule has 0 aliphatic carbocycles. The third-order valence-corrected chi connectivity index (χ3v) is 3.86. The molecule has 1 aliphatic rings. The molecule has 1 heterocycles. The Morgan fingerprint density at radius 1 is 1.47 bits per heavy atom. The van der Waals surface area contributed by atoms with Gasteiger partial charge in [0, 0.05) is 24.1 Å². The fraction of sp³-hybridized carbons (Fsp3) is 0.273. The first-order valence-corrected chi connectivity index (χ1v) is 5.89. The number of imide groups is 1. The van der Waals surface area contributed by atoms with Crippen LogP contribution in [0.3, 0.4) is 0 Å². The Kier molecular flexibility index (Phi) is 3.06. The second-order valence-corrected chi connectivity index (χ2v) is 5.03. The number of benzene rings is 1. The topological polar surface area (TPSA) is 63.4 Å². The molecule has 1 fully saturated rings. The van der Waals surface area contributed by atoms with E-state index >= 15 is 0 Å². The van der Waals surface area contributed by atoms with Gasteiger partial charge in [0.05, 0.1) is 5.25 Å². The van der Waals surface area contributed by atoms with Gasteiger partial charge in [0.15, 0.2) is 0 Å². The van der Waals surface area contributed by atoms with Crippen LogP contribution in [0.5, 0.6) is 0 Å². The molecule has 1 atom stereocenters. The summed E-state index contributed by atoms with van der Waals surface area (Å²) in [5.41, 5.74) is 5.93. The number of nitrogens with two attached hydrogens (primary N) is 1. The van der Waals surface area contributed by atoms with Gasteiger partial charge in [-0.15, -0.1) is 11.8 Å². The summed E-state index contributed by atoms with van der Waals surface area (Å²) in [7, 11) is 1.46. The molecule has 0 aromatic heterocycles. The van der Waals surface area contributed by atoms with Crippen LogP contribution < -0.4 is 5.73 Å². The van der Waals surface area contributed by atoms with E-state index in [0.29, 0.717) is 4.90 Å². The smallest absolute Gasteiger partial charge is 0.242 e. The molecule has 0 saturated carbocycles. The minimum atomic E-state index is -0.458. The Labute approximate surface area is 102 Å². The minimum Gasteiger partial charge on any atom is -0.398 e. The van der Waals surface area contributed by atoms with Gasteiger partial charge in [-0.3, -0.25) is 14.5 Å². The Morgan fingerprint density at radius 3 is 2.71 bits per heavy atom. The SMILES string of the molecule is CN1C(=O)CC(Sc2ccc(F)cc2N)C1=O. The molecule has 0 radical (unpaired) electrons. The number of nitrogens with zero attached hydrogens (tertiary/aromatic N) is 1. The monoisotopic (exact) mass is 254 g/mol. The van der Waals surface area contributed by atoms with Crippen LogP contribution in [-0.2, 0) is 9.59 Å². The second kappa shape index (κ2) is 4.37. The predicted molar refractivity (Wildman–Crippen MR) is 62.9 cm³/mol. The van der Waals surface area contributed by atoms with Crippen molar-refractivity contribution in [2.75, 3.05) is 12.8 Å². The lowest BCUT2D eigenvalue weighted by Crippen LogP contribution is -2.26. The van der Waals surface area contributed by atoms with Crippen LogP contribution in [0.15, 0.2) is 23.1 Å². The van der Waals surface area contributed by atoms with Crippen LogP contribution in [0.25, 0.3) is 0 Å². The number of rotatable bonds is 2. The van der Waals surface area contributed by atoms with Crippen molar-refractivity contribution < 1.29 is 14.0 Å². The fourth-order valence-electron chi connectivity index (χ4n) is 1.59. The van der Waals surface area contributed by atoms with Crippen LogP contribution >= 0.6 is 11.8 Å². The Bertz CT molecular complexity index is 492. The lowest BCUT2D eigenvalue weighted by Gasteiger charge is -2.10. The zero-order valence-electron chi connectivity index (χ0n) is 9.14. The number of hydrogen-bond donors (Lipinski definition) is 1. The van der Waals surface area contributed by atoms with E-state index < -0.39 is 11.1 Å². The highest BCUT2D eigenvalue weighted by molar-refractivity contribution is 8.00. The van der Waals surface area contributed by atoms with Gasteiger partial charge in [-0.2, -0.15) is 0 Å². The van der Waals surface area contributed by atoms with Crippen molar-refractivity contribution in [3.8, 4) is 0 Å². The molecule has 1 saturated heterocycles. The molecule has 2 N–H and O–H groups in total. The van der Waals surface area contributed by atoms with Gasteiger partial charge >= 0.3 is 0 Å². The molecule has 90 valence electrons. The number of halogens is 1. The molecule has 0 bridgehead atoms. The highest BCUT2D eigenvalue weighted by atomic mass is 32.2. The van der Waals surface area contributed by atoms with E-state index in [1.165, 1.54) is 37.0 Å². The summed E-state index contributed by atoms with van der Waals surface area (Å²) >= 11 is 1.20. The van der Waals surface area contributed by atoms with Crippen LogP contribution in [-0.4, -0.2) is 29.0 Å². The first-order chi connectivity index (χ1) is 7.99. The number of thioether (sulfide) groups is 1.